The van der Waals surface area contributed by atoms with Gasteiger partial charge in [-0.1, -0.05) is 6.07 Å². The molecule has 2 N–H and O–H groups in total. The Balaban J connectivity index is 2.02. The first-order chi connectivity index (χ1) is 8.47. The van der Waals surface area contributed by atoms with E-state index in [0.29, 0.717) is 12.1 Å². The minimum absolute atomic E-state index is 0.467. The number of rotatable bonds is 1. The molecule has 2 aliphatic heterocycles. The standard InChI is InChI=1S/C14H21N3O/c1-9-7-15-8-11-6-10-4-5-12(14(2,3)18)16-13(10)17(9)11/h4-5,9,11,15,18H,6-8H2,1-3H3/t9-,11-/m1/s1. The average molecular weight is 247 g/mol. The van der Waals surface area contributed by atoms with E-state index in [-0.39, 0.29) is 0 Å². The van der Waals surface area contributed by atoms with E-state index in [4.69, 9.17) is 4.98 Å². The van der Waals surface area contributed by atoms with Crippen LogP contribution in [0.25, 0.3) is 0 Å². The van der Waals surface area contributed by atoms with Gasteiger partial charge in [-0.15, -0.1) is 0 Å². The van der Waals surface area contributed by atoms with Crippen LogP contribution in [0.1, 0.15) is 32.0 Å². The van der Waals surface area contributed by atoms with E-state index in [1.165, 1.54) is 5.56 Å². The predicted octanol–water partition coefficient (Wildman–Crippen LogP) is 1.03. The Bertz CT molecular complexity index is 467. The van der Waals surface area contributed by atoms with E-state index < -0.39 is 5.60 Å². The summed E-state index contributed by atoms with van der Waals surface area (Å²) in [5, 5.41) is 13.6. The molecule has 0 radical (unpaired) electrons. The molecule has 4 heteroatoms. The first-order valence-corrected chi connectivity index (χ1v) is 6.68. The van der Waals surface area contributed by atoms with Crippen LogP contribution in [0.5, 0.6) is 0 Å². The molecular formula is C14H21N3O. The number of aliphatic hydroxyl groups is 1. The Hall–Kier alpha value is -1.13. The highest BCUT2D eigenvalue weighted by Gasteiger charge is 2.36. The molecule has 18 heavy (non-hydrogen) atoms. The molecule has 0 aromatic carbocycles. The van der Waals surface area contributed by atoms with Gasteiger partial charge in [0.25, 0.3) is 0 Å². The van der Waals surface area contributed by atoms with E-state index in [1.807, 2.05) is 6.07 Å². The lowest BCUT2D eigenvalue weighted by Crippen LogP contribution is -2.55. The van der Waals surface area contributed by atoms with Gasteiger partial charge in [-0.05, 0) is 38.8 Å². The van der Waals surface area contributed by atoms with Crippen molar-refractivity contribution in [2.75, 3.05) is 18.0 Å². The largest absolute Gasteiger partial charge is 0.384 e. The number of fused-ring (bicyclic) bond motifs is 3. The highest BCUT2D eigenvalue weighted by atomic mass is 16.3. The lowest BCUT2D eigenvalue weighted by molar-refractivity contribution is 0.0739. The molecule has 2 aliphatic rings. The molecule has 1 saturated heterocycles. The zero-order valence-electron chi connectivity index (χ0n) is 11.3. The molecule has 98 valence electrons. The van der Waals surface area contributed by atoms with Crippen LogP contribution >= 0.6 is 0 Å². The van der Waals surface area contributed by atoms with Gasteiger partial charge in [0.05, 0.1) is 5.69 Å². The molecule has 0 spiro atoms. The summed E-state index contributed by atoms with van der Waals surface area (Å²) < 4.78 is 0. The summed E-state index contributed by atoms with van der Waals surface area (Å²) in [5.41, 5.74) is 1.20. The summed E-state index contributed by atoms with van der Waals surface area (Å²) in [6.45, 7) is 7.83. The van der Waals surface area contributed by atoms with Crippen LogP contribution < -0.4 is 10.2 Å². The Morgan fingerprint density at radius 1 is 1.39 bits per heavy atom. The number of pyridine rings is 1. The first-order valence-electron chi connectivity index (χ1n) is 6.68. The molecule has 4 nitrogen and oxygen atoms in total. The molecule has 0 aliphatic carbocycles. The number of anilines is 1. The van der Waals surface area contributed by atoms with Crippen molar-refractivity contribution in [1.29, 1.82) is 0 Å². The van der Waals surface area contributed by atoms with Gasteiger partial charge >= 0.3 is 0 Å². The van der Waals surface area contributed by atoms with Crippen LogP contribution in [0, 0.1) is 0 Å². The third-order valence-corrected chi connectivity index (χ3v) is 3.97. The van der Waals surface area contributed by atoms with Gasteiger partial charge in [0.1, 0.15) is 11.4 Å². The predicted molar refractivity (Wildman–Crippen MR) is 71.8 cm³/mol. The van der Waals surface area contributed by atoms with Crippen LogP contribution in [-0.2, 0) is 12.0 Å². The minimum Gasteiger partial charge on any atom is -0.384 e. The Labute approximate surface area is 108 Å². The zero-order chi connectivity index (χ0) is 12.9. The van der Waals surface area contributed by atoms with Crippen LogP contribution in [0.3, 0.4) is 0 Å². The van der Waals surface area contributed by atoms with E-state index >= 15 is 0 Å². The monoisotopic (exact) mass is 247 g/mol. The van der Waals surface area contributed by atoms with Crippen LogP contribution in [0.2, 0.25) is 0 Å². The van der Waals surface area contributed by atoms with Crippen LogP contribution in [-0.4, -0.2) is 35.3 Å². The molecule has 2 atom stereocenters. The van der Waals surface area contributed by atoms with E-state index in [9.17, 15) is 5.11 Å². The molecule has 1 fully saturated rings. The summed E-state index contributed by atoms with van der Waals surface area (Å²) in [5.74, 6) is 1.08. The average Bonchev–Trinajstić information content (AvgIpc) is 2.66. The fraction of sp³-hybridized carbons (Fsp3) is 0.643. The van der Waals surface area contributed by atoms with Crippen LogP contribution in [0.15, 0.2) is 12.1 Å². The number of hydrogen-bond donors (Lipinski definition) is 2. The molecule has 0 bridgehead atoms. The molecule has 1 aromatic heterocycles. The number of nitrogens with one attached hydrogen (secondary N) is 1. The fourth-order valence-corrected chi connectivity index (χ4v) is 3.02. The number of hydrogen-bond acceptors (Lipinski definition) is 4. The highest BCUT2D eigenvalue weighted by Crippen LogP contribution is 2.34. The van der Waals surface area contributed by atoms with E-state index in [0.717, 1.165) is 31.0 Å². The second-order valence-corrected chi connectivity index (χ2v) is 6.01. The van der Waals surface area contributed by atoms with Gasteiger partial charge < -0.3 is 15.3 Å². The van der Waals surface area contributed by atoms with Crippen molar-refractivity contribution < 1.29 is 5.11 Å². The smallest absolute Gasteiger partial charge is 0.132 e. The second kappa shape index (κ2) is 3.93. The van der Waals surface area contributed by atoms with Gasteiger partial charge in [-0.2, -0.15) is 0 Å². The number of nitrogens with zero attached hydrogens (tertiary/aromatic N) is 2. The van der Waals surface area contributed by atoms with E-state index in [2.05, 4.69) is 23.2 Å². The Kier molecular flexibility index (Phi) is 2.61. The SMILES string of the molecule is C[C@@H]1CNC[C@H]2Cc3ccc(C(C)(C)O)nc3N21. The zero-order valence-corrected chi connectivity index (χ0v) is 11.3. The maximum Gasteiger partial charge on any atom is 0.132 e. The van der Waals surface area contributed by atoms with Crippen molar-refractivity contribution in [3.63, 3.8) is 0 Å². The minimum atomic E-state index is -0.871. The summed E-state index contributed by atoms with van der Waals surface area (Å²) in [6.07, 6.45) is 1.06. The van der Waals surface area contributed by atoms with Crippen molar-refractivity contribution >= 4 is 5.82 Å². The van der Waals surface area contributed by atoms with Crippen molar-refractivity contribution in [2.24, 2.45) is 0 Å². The van der Waals surface area contributed by atoms with Crippen LogP contribution in [0.4, 0.5) is 5.82 Å². The third-order valence-electron chi connectivity index (χ3n) is 3.97. The quantitative estimate of drug-likeness (QED) is 0.778. The second-order valence-electron chi connectivity index (χ2n) is 6.01. The van der Waals surface area contributed by atoms with Crippen molar-refractivity contribution in [3.05, 3.63) is 23.4 Å². The number of piperazine rings is 1. The molecule has 0 amide bonds. The molecule has 3 rings (SSSR count). The molecule has 3 heterocycles. The fourth-order valence-electron chi connectivity index (χ4n) is 3.02. The van der Waals surface area contributed by atoms with Gasteiger partial charge in [0.15, 0.2) is 0 Å². The summed E-state index contributed by atoms with van der Waals surface area (Å²) >= 11 is 0. The Morgan fingerprint density at radius 2 is 2.17 bits per heavy atom. The number of aromatic nitrogens is 1. The molecule has 1 aromatic rings. The van der Waals surface area contributed by atoms with Gasteiger partial charge in [-0.25, -0.2) is 4.98 Å². The van der Waals surface area contributed by atoms with Gasteiger partial charge in [0.2, 0.25) is 0 Å². The summed E-state index contributed by atoms with van der Waals surface area (Å²) in [7, 11) is 0. The topological polar surface area (TPSA) is 48.4 Å². The van der Waals surface area contributed by atoms with Crippen molar-refractivity contribution in [2.45, 2.75) is 44.9 Å². The third kappa shape index (κ3) is 1.80. The molecule has 0 unspecified atom stereocenters. The summed E-state index contributed by atoms with van der Waals surface area (Å²) in [6, 6.07) is 5.07. The first kappa shape index (κ1) is 11.9. The lowest BCUT2D eigenvalue weighted by atomic mass is 10.0. The van der Waals surface area contributed by atoms with Gasteiger partial charge in [-0.3, -0.25) is 0 Å². The normalized spacial score (nSPS) is 27.0. The lowest BCUT2D eigenvalue weighted by Gasteiger charge is -2.38. The molecular weight excluding hydrogens is 226 g/mol. The van der Waals surface area contributed by atoms with Crippen molar-refractivity contribution in [1.82, 2.24) is 10.3 Å². The summed E-state index contributed by atoms with van der Waals surface area (Å²) in [4.78, 5) is 7.13. The van der Waals surface area contributed by atoms with Gasteiger partial charge in [0, 0.05) is 25.2 Å². The van der Waals surface area contributed by atoms with E-state index in [1.54, 1.807) is 13.8 Å². The maximum absolute atomic E-state index is 10.1. The highest BCUT2D eigenvalue weighted by molar-refractivity contribution is 5.56. The maximum atomic E-state index is 10.1. The van der Waals surface area contributed by atoms with Crippen molar-refractivity contribution in [3.8, 4) is 0 Å². The Morgan fingerprint density at radius 3 is 2.89 bits per heavy atom. The molecule has 0 saturated carbocycles.